The van der Waals surface area contributed by atoms with Crippen molar-refractivity contribution in [1.82, 2.24) is 5.32 Å². The van der Waals surface area contributed by atoms with Gasteiger partial charge in [-0.25, -0.2) is 0 Å². The third kappa shape index (κ3) is 6.32. The molecule has 0 atom stereocenters. The number of amides is 2. The maximum Gasteiger partial charge on any atom is 0.226 e. The topological polar surface area (TPSA) is 93.7 Å². The van der Waals surface area contributed by atoms with Gasteiger partial charge in [0.2, 0.25) is 11.8 Å². The average molecular weight is 461 g/mol. The molecule has 0 aliphatic carbocycles. The number of anilines is 1. The molecule has 2 aromatic carbocycles. The summed E-state index contributed by atoms with van der Waals surface area (Å²) in [4.78, 5) is 36.1. The third-order valence-electron chi connectivity index (χ3n) is 4.25. The number of hydrogen-bond donors (Lipinski definition) is 2. The average Bonchev–Trinajstić information content (AvgIpc) is 2.73. The zero-order chi connectivity index (χ0) is 20.6. The van der Waals surface area contributed by atoms with E-state index in [0.29, 0.717) is 36.0 Å². The number of Topliss-reactive ketones (excluding diaryl/α,β-unsaturated/α-hetero) is 1. The fraction of sp³-hybridized carbons (Fsp3) is 0.286. The van der Waals surface area contributed by atoms with Crippen LogP contribution in [0.25, 0.3) is 0 Å². The summed E-state index contributed by atoms with van der Waals surface area (Å²) < 4.78 is 11.8. The minimum atomic E-state index is -0.271. The van der Waals surface area contributed by atoms with Gasteiger partial charge in [0.05, 0.1) is 0 Å². The molecule has 2 N–H and O–H groups in total. The normalized spacial score (nSPS) is 12.2. The molecule has 0 saturated carbocycles. The van der Waals surface area contributed by atoms with Gasteiger partial charge < -0.3 is 20.1 Å². The maximum absolute atomic E-state index is 12.3. The molecular formula is C21H21BrN2O5. The van der Waals surface area contributed by atoms with Crippen LogP contribution >= 0.6 is 15.9 Å². The molecule has 1 aliphatic heterocycles. The van der Waals surface area contributed by atoms with Crippen LogP contribution in [0.4, 0.5) is 5.69 Å². The molecule has 0 aromatic heterocycles. The second-order valence-corrected chi connectivity index (χ2v) is 7.35. The molecule has 2 amide bonds. The van der Waals surface area contributed by atoms with E-state index < -0.39 is 0 Å². The monoisotopic (exact) mass is 460 g/mol. The highest BCUT2D eigenvalue weighted by Crippen LogP contribution is 2.31. The first kappa shape index (κ1) is 20.9. The van der Waals surface area contributed by atoms with Gasteiger partial charge in [-0.05, 0) is 42.5 Å². The zero-order valence-corrected chi connectivity index (χ0v) is 17.3. The van der Waals surface area contributed by atoms with Gasteiger partial charge in [0, 0.05) is 41.5 Å². The lowest BCUT2D eigenvalue weighted by Crippen LogP contribution is -2.28. The summed E-state index contributed by atoms with van der Waals surface area (Å²) in [5.74, 6) is 0.549. The van der Waals surface area contributed by atoms with E-state index in [1.807, 2.05) is 12.1 Å². The summed E-state index contributed by atoms with van der Waals surface area (Å²) in [5.41, 5.74) is 1.17. The lowest BCUT2D eigenvalue weighted by atomic mass is 10.1. The van der Waals surface area contributed by atoms with Gasteiger partial charge in [-0.15, -0.1) is 0 Å². The van der Waals surface area contributed by atoms with Gasteiger partial charge in [0.15, 0.2) is 17.3 Å². The van der Waals surface area contributed by atoms with Crippen molar-refractivity contribution in [1.29, 1.82) is 0 Å². The van der Waals surface area contributed by atoms with E-state index in [2.05, 4.69) is 26.6 Å². The van der Waals surface area contributed by atoms with Crippen LogP contribution in [-0.2, 0) is 9.59 Å². The van der Waals surface area contributed by atoms with E-state index >= 15 is 0 Å². The molecule has 1 aliphatic rings. The molecule has 152 valence electrons. The van der Waals surface area contributed by atoms with Crippen LogP contribution in [0.5, 0.6) is 11.5 Å². The highest BCUT2D eigenvalue weighted by Gasteiger charge is 2.16. The number of ketones is 1. The van der Waals surface area contributed by atoms with Crippen LogP contribution in [0.3, 0.4) is 0 Å². The lowest BCUT2D eigenvalue weighted by Gasteiger charge is -2.18. The Kier molecular flexibility index (Phi) is 7.24. The van der Waals surface area contributed by atoms with Gasteiger partial charge in [-0.1, -0.05) is 15.9 Å². The van der Waals surface area contributed by atoms with E-state index in [-0.39, 0.29) is 43.4 Å². The Hall–Kier alpha value is -2.87. The van der Waals surface area contributed by atoms with Crippen molar-refractivity contribution in [2.24, 2.45) is 0 Å². The van der Waals surface area contributed by atoms with E-state index in [1.165, 1.54) is 0 Å². The zero-order valence-electron chi connectivity index (χ0n) is 15.7. The second-order valence-electron chi connectivity index (χ2n) is 6.44. The number of rotatable bonds is 8. The Balaban J connectivity index is 1.36. The highest BCUT2D eigenvalue weighted by molar-refractivity contribution is 9.10. The molecule has 29 heavy (non-hydrogen) atoms. The van der Waals surface area contributed by atoms with Crippen LogP contribution in [-0.4, -0.2) is 37.4 Å². The van der Waals surface area contributed by atoms with Crippen LogP contribution in [0.15, 0.2) is 46.9 Å². The first-order valence-corrected chi connectivity index (χ1v) is 10.1. The van der Waals surface area contributed by atoms with E-state index in [4.69, 9.17) is 9.47 Å². The number of halogens is 1. The van der Waals surface area contributed by atoms with E-state index in [9.17, 15) is 14.4 Å². The van der Waals surface area contributed by atoms with Crippen molar-refractivity contribution < 1.29 is 23.9 Å². The van der Waals surface area contributed by atoms with Crippen LogP contribution in [0, 0.1) is 0 Å². The van der Waals surface area contributed by atoms with E-state index in [1.54, 1.807) is 30.3 Å². The van der Waals surface area contributed by atoms with Gasteiger partial charge in [-0.3, -0.25) is 14.4 Å². The summed E-state index contributed by atoms with van der Waals surface area (Å²) in [6, 6.07) is 12.2. The number of fused-ring (bicyclic) bond motifs is 1. The molecule has 3 rings (SSSR count). The molecule has 0 fully saturated rings. The van der Waals surface area contributed by atoms with Crippen molar-refractivity contribution in [2.75, 3.05) is 25.1 Å². The van der Waals surface area contributed by atoms with Crippen LogP contribution in [0.2, 0.25) is 0 Å². The lowest BCUT2D eigenvalue weighted by molar-refractivity contribution is -0.121. The summed E-state index contributed by atoms with van der Waals surface area (Å²) in [5, 5.41) is 5.41. The molecule has 0 spiro atoms. The molecule has 1 heterocycles. The molecule has 0 saturated heterocycles. The predicted octanol–water partition coefficient (Wildman–Crippen LogP) is 3.33. The summed E-state index contributed by atoms with van der Waals surface area (Å²) >= 11 is 3.33. The SMILES string of the molecule is O=C(CCC(=O)c1ccc2c(c1)OCCO2)NCCC(=O)Nc1ccc(Br)cc1. The summed E-state index contributed by atoms with van der Waals surface area (Å²) in [6.45, 7) is 1.14. The Morgan fingerprint density at radius 3 is 2.34 bits per heavy atom. The molecule has 0 unspecified atom stereocenters. The standard InChI is InChI=1S/C21H21BrN2O5/c22-15-2-4-16(5-3-15)24-21(27)9-10-23-20(26)8-6-17(25)14-1-7-18-19(13-14)29-12-11-28-18/h1-5,7,13H,6,8-12H2,(H,23,26)(H,24,27). The predicted molar refractivity (Wildman–Crippen MR) is 111 cm³/mol. The molecular weight excluding hydrogens is 440 g/mol. The Bertz CT molecular complexity index is 898. The third-order valence-corrected chi connectivity index (χ3v) is 4.77. The largest absolute Gasteiger partial charge is 0.486 e. The van der Waals surface area contributed by atoms with Crippen molar-refractivity contribution in [3.05, 3.63) is 52.5 Å². The Morgan fingerprint density at radius 2 is 1.59 bits per heavy atom. The Labute approximate surface area is 176 Å². The fourth-order valence-corrected chi connectivity index (χ4v) is 3.01. The number of benzene rings is 2. The maximum atomic E-state index is 12.3. The molecule has 8 heteroatoms. The second kappa shape index (κ2) is 10.1. The minimum Gasteiger partial charge on any atom is -0.486 e. The van der Waals surface area contributed by atoms with Crippen molar-refractivity contribution >= 4 is 39.2 Å². The first-order chi connectivity index (χ1) is 14.0. The van der Waals surface area contributed by atoms with Crippen LogP contribution in [0.1, 0.15) is 29.6 Å². The molecule has 2 aromatic rings. The van der Waals surface area contributed by atoms with Crippen molar-refractivity contribution in [3.8, 4) is 11.5 Å². The van der Waals surface area contributed by atoms with Gasteiger partial charge in [0.25, 0.3) is 0 Å². The van der Waals surface area contributed by atoms with Crippen molar-refractivity contribution in [2.45, 2.75) is 19.3 Å². The van der Waals surface area contributed by atoms with E-state index in [0.717, 1.165) is 4.47 Å². The quantitative estimate of drug-likeness (QED) is 0.589. The van der Waals surface area contributed by atoms with Crippen molar-refractivity contribution in [3.63, 3.8) is 0 Å². The summed E-state index contributed by atoms with van der Waals surface area (Å²) in [6.07, 6.45) is 0.288. The number of hydrogen-bond acceptors (Lipinski definition) is 5. The Morgan fingerprint density at radius 1 is 0.862 bits per heavy atom. The van der Waals surface area contributed by atoms with Gasteiger partial charge >= 0.3 is 0 Å². The smallest absolute Gasteiger partial charge is 0.226 e. The van der Waals surface area contributed by atoms with Gasteiger partial charge in [0.1, 0.15) is 13.2 Å². The molecule has 0 bridgehead atoms. The minimum absolute atomic E-state index is 0.0571. The number of ether oxygens (including phenoxy) is 2. The highest BCUT2D eigenvalue weighted by atomic mass is 79.9. The molecule has 0 radical (unpaired) electrons. The fourth-order valence-electron chi connectivity index (χ4n) is 2.75. The first-order valence-electron chi connectivity index (χ1n) is 9.26. The number of carbonyl (C=O) groups is 3. The van der Waals surface area contributed by atoms with Gasteiger partial charge in [-0.2, -0.15) is 0 Å². The number of nitrogens with one attached hydrogen (secondary N) is 2. The molecule has 7 nitrogen and oxygen atoms in total. The van der Waals surface area contributed by atoms with Crippen LogP contribution < -0.4 is 20.1 Å². The summed E-state index contributed by atoms with van der Waals surface area (Å²) in [7, 11) is 0. The number of carbonyl (C=O) groups excluding carboxylic acids is 3.